The third-order valence-corrected chi connectivity index (χ3v) is 3.75. The molecule has 0 spiro atoms. The number of rotatable bonds is 4. The van der Waals surface area contributed by atoms with Gasteiger partial charge >= 0.3 is 6.09 Å². The number of benzene rings is 1. The van der Waals surface area contributed by atoms with E-state index in [1.165, 1.54) is 0 Å². The fourth-order valence-corrected chi connectivity index (χ4v) is 2.42. The Labute approximate surface area is 129 Å². The van der Waals surface area contributed by atoms with Gasteiger partial charge in [0.05, 0.1) is 0 Å². The average Bonchev–Trinajstić information content (AvgIpc) is 2.48. The van der Waals surface area contributed by atoms with Crippen molar-refractivity contribution in [3.63, 3.8) is 0 Å². The first kappa shape index (κ1) is 16.1. The molecule has 0 saturated carbocycles. The lowest BCUT2D eigenvalue weighted by Gasteiger charge is -2.34. The quantitative estimate of drug-likeness (QED) is 0.765. The van der Waals surface area contributed by atoms with E-state index in [0.29, 0.717) is 18.8 Å². The number of likely N-dealkylation sites (N-methyl/N-ethyl adjacent to an activating group) is 1. The number of ether oxygens (including phenoxy) is 1. The monoisotopic (exact) mass is 306 g/mol. The maximum absolute atomic E-state index is 12.6. The molecule has 4 N–H and O–H groups in total. The summed E-state index contributed by atoms with van der Waals surface area (Å²) < 4.78 is 5.03. The van der Waals surface area contributed by atoms with Gasteiger partial charge < -0.3 is 26.0 Å². The minimum Gasteiger partial charge on any atom is -0.436 e. The first-order valence-corrected chi connectivity index (χ1v) is 7.23. The van der Waals surface area contributed by atoms with Gasteiger partial charge in [-0.25, -0.2) is 4.79 Å². The molecule has 0 unspecified atom stereocenters. The largest absolute Gasteiger partial charge is 0.436 e. The number of amides is 2. The van der Waals surface area contributed by atoms with Crippen LogP contribution < -0.4 is 11.5 Å². The molecular formula is C15H22N4O3. The third-order valence-electron chi connectivity index (χ3n) is 3.75. The lowest BCUT2D eigenvalue weighted by Crippen LogP contribution is -2.51. The van der Waals surface area contributed by atoms with Crippen molar-refractivity contribution < 1.29 is 14.3 Å². The van der Waals surface area contributed by atoms with E-state index in [1.807, 2.05) is 19.2 Å². The highest BCUT2D eigenvalue weighted by molar-refractivity contribution is 5.83. The Hall–Kier alpha value is -2.28. The van der Waals surface area contributed by atoms with Crippen LogP contribution >= 0.6 is 0 Å². The van der Waals surface area contributed by atoms with Gasteiger partial charge in [-0.3, -0.25) is 4.79 Å². The van der Waals surface area contributed by atoms with Crippen molar-refractivity contribution >= 4 is 17.7 Å². The van der Waals surface area contributed by atoms with E-state index in [2.05, 4.69) is 4.90 Å². The molecule has 1 aromatic carbocycles. The Kier molecular flexibility index (Phi) is 5.21. The highest BCUT2D eigenvalue weighted by Gasteiger charge is 2.29. The molecule has 0 bridgehead atoms. The van der Waals surface area contributed by atoms with Gasteiger partial charge in [-0.1, -0.05) is 12.1 Å². The molecular weight excluding hydrogens is 284 g/mol. The zero-order chi connectivity index (χ0) is 16.1. The number of piperazine rings is 1. The minimum absolute atomic E-state index is 0.205. The van der Waals surface area contributed by atoms with Crippen molar-refractivity contribution in [1.82, 2.24) is 9.80 Å². The predicted molar refractivity (Wildman–Crippen MR) is 83.1 cm³/mol. The predicted octanol–water partition coefficient (Wildman–Crippen LogP) is 0.0492. The normalized spacial score (nSPS) is 17.0. The van der Waals surface area contributed by atoms with Crippen molar-refractivity contribution in [2.24, 2.45) is 5.73 Å². The third kappa shape index (κ3) is 4.36. The Bertz CT molecular complexity index is 524. The summed E-state index contributed by atoms with van der Waals surface area (Å²) in [4.78, 5) is 27.5. The van der Waals surface area contributed by atoms with Gasteiger partial charge in [0.15, 0.2) is 6.10 Å². The van der Waals surface area contributed by atoms with Crippen molar-refractivity contribution in [2.75, 3.05) is 39.0 Å². The highest BCUT2D eigenvalue weighted by atomic mass is 16.6. The fourth-order valence-electron chi connectivity index (χ4n) is 2.42. The number of primary amides is 1. The van der Waals surface area contributed by atoms with Crippen molar-refractivity contribution in [3.05, 3.63) is 29.8 Å². The standard InChI is InChI=1S/C15H22N4O3/c1-18-6-8-19(9-7-18)14(20)13(22-15(17)21)10-11-2-4-12(16)5-3-11/h2-5,13H,6-10,16H2,1H3,(H2,17,21)/t13-/m1/s1. The Morgan fingerprint density at radius 1 is 1.18 bits per heavy atom. The first-order chi connectivity index (χ1) is 10.5. The van der Waals surface area contributed by atoms with Crippen LogP contribution in [0.15, 0.2) is 24.3 Å². The van der Waals surface area contributed by atoms with Crippen LogP contribution in [-0.2, 0) is 16.0 Å². The van der Waals surface area contributed by atoms with Crippen LogP contribution in [0.1, 0.15) is 5.56 Å². The number of carbonyl (C=O) groups excluding carboxylic acids is 2. The van der Waals surface area contributed by atoms with E-state index in [1.54, 1.807) is 17.0 Å². The second-order valence-electron chi connectivity index (χ2n) is 5.50. The SMILES string of the molecule is CN1CCN(C(=O)[C@@H](Cc2ccc(N)cc2)OC(N)=O)CC1. The molecule has 7 heteroatoms. The molecule has 1 fully saturated rings. The molecule has 22 heavy (non-hydrogen) atoms. The van der Waals surface area contributed by atoms with Crippen LogP contribution in [0.5, 0.6) is 0 Å². The zero-order valence-corrected chi connectivity index (χ0v) is 12.7. The van der Waals surface area contributed by atoms with Crippen LogP contribution in [0, 0.1) is 0 Å². The van der Waals surface area contributed by atoms with E-state index in [4.69, 9.17) is 16.2 Å². The van der Waals surface area contributed by atoms with E-state index in [9.17, 15) is 9.59 Å². The number of hydrogen-bond donors (Lipinski definition) is 2. The number of nitrogens with two attached hydrogens (primary N) is 2. The molecule has 1 saturated heterocycles. The number of hydrogen-bond acceptors (Lipinski definition) is 5. The summed E-state index contributed by atoms with van der Waals surface area (Å²) in [5.41, 5.74) is 12.2. The summed E-state index contributed by atoms with van der Waals surface area (Å²) in [6.07, 6.45) is -1.55. The van der Waals surface area contributed by atoms with Gasteiger partial charge in [-0.15, -0.1) is 0 Å². The molecule has 1 aromatic rings. The second-order valence-corrected chi connectivity index (χ2v) is 5.50. The van der Waals surface area contributed by atoms with Crippen molar-refractivity contribution in [3.8, 4) is 0 Å². The van der Waals surface area contributed by atoms with E-state index in [0.717, 1.165) is 18.7 Å². The molecule has 1 aliphatic heterocycles. The highest BCUT2D eigenvalue weighted by Crippen LogP contribution is 2.13. The number of carbonyl (C=O) groups is 2. The summed E-state index contributed by atoms with van der Waals surface area (Å²) in [7, 11) is 2.01. The topological polar surface area (TPSA) is 102 Å². The van der Waals surface area contributed by atoms with Gasteiger partial charge in [0.25, 0.3) is 5.91 Å². The molecule has 1 atom stereocenters. The van der Waals surface area contributed by atoms with Gasteiger partial charge in [-0.2, -0.15) is 0 Å². The van der Waals surface area contributed by atoms with Crippen LogP contribution in [0.3, 0.4) is 0 Å². The van der Waals surface area contributed by atoms with E-state index in [-0.39, 0.29) is 12.3 Å². The molecule has 2 rings (SSSR count). The summed E-state index contributed by atoms with van der Waals surface area (Å²) >= 11 is 0. The summed E-state index contributed by atoms with van der Waals surface area (Å²) in [6, 6.07) is 7.11. The second kappa shape index (κ2) is 7.13. The van der Waals surface area contributed by atoms with Crippen molar-refractivity contribution in [2.45, 2.75) is 12.5 Å². The van der Waals surface area contributed by atoms with Crippen molar-refractivity contribution in [1.29, 1.82) is 0 Å². The lowest BCUT2D eigenvalue weighted by molar-refractivity contribution is -0.141. The maximum atomic E-state index is 12.6. The van der Waals surface area contributed by atoms with Crippen LogP contribution in [0.4, 0.5) is 10.5 Å². The number of nitrogens with zero attached hydrogens (tertiary/aromatic N) is 2. The fraction of sp³-hybridized carbons (Fsp3) is 0.467. The molecule has 0 aromatic heterocycles. The van der Waals surface area contributed by atoms with E-state index < -0.39 is 12.2 Å². The molecule has 0 aliphatic carbocycles. The number of anilines is 1. The molecule has 1 heterocycles. The van der Waals surface area contributed by atoms with Crippen LogP contribution in [-0.4, -0.2) is 61.1 Å². The van der Waals surface area contributed by atoms with Gasteiger partial charge in [0.2, 0.25) is 0 Å². The molecule has 7 nitrogen and oxygen atoms in total. The molecule has 0 radical (unpaired) electrons. The van der Waals surface area contributed by atoms with Gasteiger partial charge in [0.1, 0.15) is 0 Å². The van der Waals surface area contributed by atoms with Crippen LogP contribution in [0.2, 0.25) is 0 Å². The molecule has 1 aliphatic rings. The average molecular weight is 306 g/mol. The summed E-state index contributed by atoms with van der Waals surface area (Å²) in [5.74, 6) is -0.205. The summed E-state index contributed by atoms with van der Waals surface area (Å²) in [6.45, 7) is 2.85. The Morgan fingerprint density at radius 3 is 2.32 bits per heavy atom. The maximum Gasteiger partial charge on any atom is 0.405 e. The first-order valence-electron chi connectivity index (χ1n) is 7.23. The smallest absolute Gasteiger partial charge is 0.405 e. The Balaban J connectivity index is 2.06. The molecule has 120 valence electrons. The zero-order valence-electron chi connectivity index (χ0n) is 12.7. The van der Waals surface area contributed by atoms with Crippen LogP contribution in [0.25, 0.3) is 0 Å². The van der Waals surface area contributed by atoms with Gasteiger partial charge in [0, 0.05) is 38.3 Å². The number of nitrogen functional groups attached to an aromatic ring is 1. The molecule has 2 amide bonds. The minimum atomic E-state index is -0.942. The van der Waals surface area contributed by atoms with Gasteiger partial charge in [-0.05, 0) is 24.7 Å². The Morgan fingerprint density at radius 2 is 1.77 bits per heavy atom. The summed E-state index contributed by atoms with van der Waals surface area (Å²) in [5, 5.41) is 0. The van der Waals surface area contributed by atoms with E-state index >= 15 is 0 Å². The lowest BCUT2D eigenvalue weighted by atomic mass is 10.1.